The van der Waals surface area contributed by atoms with E-state index in [4.69, 9.17) is 13.9 Å². The van der Waals surface area contributed by atoms with Crippen LogP contribution < -0.4 is 4.74 Å². The van der Waals surface area contributed by atoms with Crippen LogP contribution in [0.4, 0.5) is 0 Å². The molecule has 0 saturated heterocycles. The van der Waals surface area contributed by atoms with Crippen LogP contribution in [0.15, 0.2) is 49.1 Å². The van der Waals surface area contributed by atoms with E-state index in [1.165, 1.54) is 0 Å². The number of aliphatic hydroxyl groups excluding tert-OH is 1. The Bertz CT molecular complexity index is 661. The van der Waals surface area contributed by atoms with Crippen molar-refractivity contribution >= 4 is 8.32 Å². The molecule has 0 fully saturated rings. The maximum absolute atomic E-state index is 10.6. The average molecular weight is 449 g/mol. The highest BCUT2D eigenvalue weighted by Gasteiger charge is 2.40. The van der Waals surface area contributed by atoms with Crippen LogP contribution in [0.2, 0.25) is 18.1 Å². The number of hydrogen-bond donors (Lipinski definition) is 1. The normalized spacial score (nSPS) is 15.6. The van der Waals surface area contributed by atoms with Crippen molar-refractivity contribution in [3.63, 3.8) is 0 Å². The lowest BCUT2D eigenvalue weighted by atomic mass is 9.95. The van der Waals surface area contributed by atoms with Gasteiger partial charge in [0.05, 0.1) is 32.5 Å². The molecule has 1 aromatic rings. The molecule has 0 unspecified atom stereocenters. The number of methoxy groups -OCH3 is 1. The summed E-state index contributed by atoms with van der Waals surface area (Å²) < 4.78 is 17.5. The van der Waals surface area contributed by atoms with Crippen LogP contribution in [0, 0.1) is 5.92 Å². The van der Waals surface area contributed by atoms with E-state index in [2.05, 4.69) is 47.4 Å². The second-order valence-corrected chi connectivity index (χ2v) is 14.6. The Labute approximate surface area is 191 Å². The van der Waals surface area contributed by atoms with Crippen molar-refractivity contribution in [2.24, 2.45) is 5.92 Å². The van der Waals surface area contributed by atoms with Crippen molar-refractivity contribution in [3.05, 3.63) is 54.6 Å². The fourth-order valence-corrected chi connectivity index (χ4v) is 4.46. The van der Waals surface area contributed by atoms with Gasteiger partial charge in [-0.3, -0.25) is 0 Å². The number of benzene rings is 1. The molecule has 4 nitrogen and oxygen atoms in total. The lowest BCUT2D eigenvalue weighted by Gasteiger charge is -2.41. The summed E-state index contributed by atoms with van der Waals surface area (Å²) in [4.78, 5) is 0. The van der Waals surface area contributed by atoms with Crippen molar-refractivity contribution < 1.29 is 19.0 Å². The van der Waals surface area contributed by atoms with Gasteiger partial charge in [0.2, 0.25) is 0 Å². The Kier molecular flexibility index (Phi) is 11.8. The van der Waals surface area contributed by atoms with Gasteiger partial charge < -0.3 is 19.0 Å². The molecule has 1 aromatic carbocycles. The zero-order valence-corrected chi connectivity index (χ0v) is 21.7. The molecule has 0 aliphatic heterocycles. The average Bonchev–Trinajstić information content (AvgIpc) is 2.69. The first-order valence-electron chi connectivity index (χ1n) is 11.3. The maximum atomic E-state index is 10.6. The monoisotopic (exact) mass is 448 g/mol. The van der Waals surface area contributed by atoms with Gasteiger partial charge in [-0.25, -0.2) is 0 Å². The first-order chi connectivity index (χ1) is 14.5. The topological polar surface area (TPSA) is 47.9 Å². The van der Waals surface area contributed by atoms with Gasteiger partial charge in [-0.2, -0.15) is 0 Å². The standard InChI is InChI=1S/C26H44O4Si/c1-9-12-21(2)25(30-31(7,8)26(3,4)5)19-23(27)13-10-11-18-29-20-22-14-16-24(28-6)17-15-22/h9-11,14-17,21,23,25,27H,1,12-13,18-20H2,2-8H3/b11-10+/t21-,23+,25+/m0/s1. The van der Waals surface area contributed by atoms with Crippen LogP contribution >= 0.6 is 0 Å². The maximum Gasteiger partial charge on any atom is 0.192 e. The summed E-state index contributed by atoms with van der Waals surface area (Å²) in [5.74, 6) is 1.17. The Morgan fingerprint density at radius 2 is 1.74 bits per heavy atom. The summed E-state index contributed by atoms with van der Waals surface area (Å²) in [6, 6.07) is 7.86. The van der Waals surface area contributed by atoms with Crippen molar-refractivity contribution in [1.29, 1.82) is 0 Å². The zero-order valence-electron chi connectivity index (χ0n) is 20.7. The third kappa shape index (κ3) is 10.2. The van der Waals surface area contributed by atoms with Crippen LogP contribution in [0.25, 0.3) is 0 Å². The van der Waals surface area contributed by atoms with E-state index in [0.717, 1.165) is 17.7 Å². The van der Waals surface area contributed by atoms with Crippen LogP contribution in [0.5, 0.6) is 5.75 Å². The van der Waals surface area contributed by atoms with Gasteiger partial charge in [-0.15, -0.1) is 6.58 Å². The summed E-state index contributed by atoms with van der Waals surface area (Å²) in [6.45, 7) is 18.4. The highest BCUT2D eigenvalue weighted by molar-refractivity contribution is 6.74. The minimum Gasteiger partial charge on any atom is -0.497 e. The quantitative estimate of drug-likeness (QED) is 0.200. The molecule has 0 aromatic heterocycles. The molecular formula is C26H44O4Si. The molecule has 0 radical (unpaired) electrons. The Morgan fingerprint density at radius 3 is 2.29 bits per heavy atom. The van der Waals surface area contributed by atoms with Gasteiger partial charge in [0.1, 0.15) is 5.75 Å². The molecule has 0 amide bonds. The summed E-state index contributed by atoms with van der Waals surface area (Å²) in [5, 5.41) is 10.8. The number of rotatable bonds is 14. The Hall–Kier alpha value is -1.40. The molecule has 1 rings (SSSR count). The van der Waals surface area contributed by atoms with Crippen molar-refractivity contribution in [1.82, 2.24) is 0 Å². The Morgan fingerprint density at radius 1 is 1.10 bits per heavy atom. The van der Waals surface area contributed by atoms with E-state index in [-0.39, 0.29) is 11.1 Å². The van der Waals surface area contributed by atoms with Gasteiger partial charge in [0.25, 0.3) is 0 Å². The van der Waals surface area contributed by atoms with Gasteiger partial charge in [0.15, 0.2) is 8.32 Å². The number of aliphatic hydroxyl groups is 1. The van der Waals surface area contributed by atoms with Crippen molar-refractivity contribution in [2.45, 2.75) is 83.9 Å². The number of hydrogen-bond acceptors (Lipinski definition) is 4. The number of allylic oxidation sites excluding steroid dienone is 1. The molecule has 0 aliphatic rings. The summed E-state index contributed by atoms with van der Waals surface area (Å²) >= 11 is 0. The molecule has 176 valence electrons. The minimum atomic E-state index is -1.91. The molecular weight excluding hydrogens is 404 g/mol. The van der Waals surface area contributed by atoms with Crippen LogP contribution in [0.1, 0.15) is 52.5 Å². The van der Waals surface area contributed by atoms with E-state index in [1.807, 2.05) is 42.5 Å². The molecule has 0 spiro atoms. The fourth-order valence-electron chi connectivity index (χ4n) is 3.02. The first-order valence-corrected chi connectivity index (χ1v) is 14.2. The smallest absolute Gasteiger partial charge is 0.192 e. The summed E-state index contributed by atoms with van der Waals surface area (Å²) in [7, 11) is -0.246. The molecule has 0 aliphatic carbocycles. The lowest BCUT2D eigenvalue weighted by Crippen LogP contribution is -2.46. The highest BCUT2D eigenvalue weighted by atomic mass is 28.4. The molecule has 0 saturated carbocycles. The molecule has 5 heteroatoms. The fraction of sp³-hybridized carbons (Fsp3) is 0.615. The lowest BCUT2D eigenvalue weighted by molar-refractivity contribution is 0.0577. The second kappa shape index (κ2) is 13.2. The first kappa shape index (κ1) is 27.6. The second-order valence-electron chi connectivity index (χ2n) is 9.88. The predicted molar refractivity (Wildman–Crippen MR) is 133 cm³/mol. The van der Waals surface area contributed by atoms with E-state index < -0.39 is 14.4 Å². The summed E-state index contributed by atoms with van der Waals surface area (Å²) in [5.41, 5.74) is 1.11. The van der Waals surface area contributed by atoms with E-state index >= 15 is 0 Å². The molecule has 1 N–H and O–H groups in total. The van der Waals surface area contributed by atoms with Crippen LogP contribution in [-0.2, 0) is 15.8 Å². The molecule has 3 atom stereocenters. The largest absolute Gasteiger partial charge is 0.497 e. The van der Waals surface area contributed by atoms with E-state index in [9.17, 15) is 5.11 Å². The third-order valence-corrected chi connectivity index (χ3v) is 10.7. The minimum absolute atomic E-state index is 0.0358. The molecule has 0 heterocycles. The van der Waals surface area contributed by atoms with Crippen LogP contribution in [0.3, 0.4) is 0 Å². The summed E-state index contributed by atoms with van der Waals surface area (Å²) in [6.07, 6.45) is 7.65. The molecule has 31 heavy (non-hydrogen) atoms. The van der Waals surface area contributed by atoms with Crippen molar-refractivity contribution in [3.8, 4) is 5.75 Å². The van der Waals surface area contributed by atoms with Gasteiger partial charge >= 0.3 is 0 Å². The SMILES string of the molecule is C=CC[C@H](C)[C@@H](C[C@H](O)C/C=C/COCc1ccc(OC)cc1)O[Si](C)(C)C(C)(C)C. The predicted octanol–water partition coefficient (Wildman–Crippen LogP) is 6.51. The van der Waals surface area contributed by atoms with Gasteiger partial charge in [-0.1, -0.05) is 58.1 Å². The van der Waals surface area contributed by atoms with Gasteiger partial charge in [-0.05, 0) is 61.0 Å². The van der Waals surface area contributed by atoms with E-state index in [0.29, 0.717) is 32.0 Å². The van der Waals surface area contributed by atoms with Crippen molar-refractivity contribution in [2.75, 3.05) is 13.7 Å². The highest BCUT2D eigenvalue weighted by Crippen LogP contribution is 2.39. The third-order valence-electron chi connectivity index (χ3n) is 6.15. The zero-order chi connectivity index (χ0) is 23.5. The molecule has 0 bridgehead atoms. The number of ether oxygens (including phenoxy) is 2. The Balaban J connectivity index is 2.49. The van der Waals surface area contributed by atoms with Crippen LogP contribution in [-0.4, -0.2) is 39.3 Å². The van der Waals surface area contributed by atoms with Gasteiger partial charge in [0, 0.05) is 0 Å². The van der Waals surface area contributed by atoms with E-state index in [1.54, 1.807) is 7.11 Å².